The summed E-state index contributed by atoms with van der Waals surface area (Å²) in [7, 11) is -2.34. The standard InChI is InChI=1S/C21H22N4O4S/c1-4-5-18(26)17-9-8-16-19(30(28,29)24-17)12-25(3)20(16)21(27)23-15-7-6-13(2)14(10-15)11-22/h6-7,10,12,17-18,24,26H,8-9H2,1-3H3,(H,23,27). The number of fused-ring (bicyclic) bond motifs is 1. The Morgan fingerprint density at radius 3 is 2.83 bits per heavy atom. The van der Waals surface area contributed by atoms with Crippen LogP contribution in [0.3, 0.4) is 0 Å². The largest absolute Gasteiger partial charge is 0.379 e. The molecule has 3 rings (SSSR count). The summed E-state index contributed by atoms with van der Waals surface area (Å²) in [5.74, 6) is 4.67. The maximum atomic E-state index is 13.0. The van der Waals surface area contributed by atoms with Crippen LogP contribution in [0, 0.1) is 30.1 Å². The van der Waals surface area contributed by atoms with Crippen LogP contribution in [0.15, 0.2) is 29.3 Å². The van der Waals surface area contributed by atoms with Crippen LogP contribution in [0.4, 0.5) is 5.69 Å². The van der Waals surface area contributed by atoms with E-state index in [1.54, 1.807) is 39.1 Å². The van der Waals surface area contributed by atoms with Crippen molar-refractivity contribution >= 4 is 21.6 Å². The fraction of sp³-hybridized carbons (Fsp3) is 0.333. The SMILES string of the molecule is CC#CC(O)C1CCc2c(cn(C)c2C(=O)Nc2ccc(C)c(C#N)c2)S(=O)(=O)N1. The van der Waals surface area contributed by atoms with Crippen molar-refractivity contribution in [1.82, 2.24) is 9.29 Å². The average Bonchev–Trinajstić information content (AvgIpc) is 2.97. The molecule has 0 radical (unpaired) electrons. The summed E-state index contributed by atoms with van der Waals surface area (Å²) in [5, 5.41) is 22.1. The van der Waals surface area contributed by atoms with Gasteiger partial charge in [0.2, 0.25) is 10.0 Å². The van der Waals surface area contributed by atoms with Crippen molar-refractivity contribution in [2.75, 3.05) is 5.32 Å². The Balaban J connectivity index is 1.96. The van der Waals surface area contributed by atoms with Crippen LogP contribution in [-0.2, 0) is 23.5 Å². The number of nitrogens with zero attached hydrogens (tertiary/aromatic N) is 2. The van der Waals surface area contributed by atoms with Crippen LogP contribution in [0.1, 0.15) is 40.5 Å². The van der Waals surface area contributed by atoms with E-state index in [2.05, 4.69) is 27.9 Å². The maximum Gasteiger partial charge on any atom is 0.272 e. The van der Waals surface area contributed by atoms with E-state index in [1.807, 2.05) is 0 Å². The van der Waals surface area contributed by atoms with E-state index in [0.29, 0.717) is 16.8 Å². The minimum absolute atomic E-state index is 0.0101. The lowest BCUT2D eigenvalue weighted by Gasteiger charge is -2.17. The van der Waals surface area contributed by atoms with E-state index in [0.717, 1.165) is 5.56 Å². The molecule has 0 aliphatic carbocycles. The predicted octanol–water partition coefficient (Wildman–Crippen LogP) is 1.43. The molecule has 1 aromatic carbocycles. The molecule has 1 aromatic heterocycles. The van der Waals surface area contributed by atoms with Gasteiger partial charge in [0.25, 0.3) is 5.91 Å². The van der Waals surface area contributed by atoms with Crippen LogP contribution in [-0.4, -0.2) is 36.1 Å². The van der Waals surface area contributed by atoms with Gasteiger partial charge in [-0.3, -0.25) is 4.79 Å². The minimum atomic E-state index is -3.94. The number of aryl methyl sites for hydroxylation is 2. The Morgan fingerprint density at radius 1 is 1.43 bits per heavy atom. The number of nitriles is 1. The Bertz CT molecular complexity index is 1210. The first kappa shape index (κ1) is 21.6. The smallest absolute Gasteiger partial charge is 0.272 e. The van der Waals surface area contributed by atoms with Gasteiger partial charge in [-0.1, -0.05) is 12.0 Å². The second-order valence-electron chi connectivity index (χ2n) is 7.13. The highest BCUT2D eigenvalue weighted by Crippen LogP contribution is 2.28. The molecule has 156 valence electrons. The molecule has 30 heavy (non-hydrogen) atoms. The number of carbonyl (C=O) groups is 1. The summed E-state index contributed by atoms with van der Waals surface area (Å²) >= 11 is 0. The summed E-state index contributed by atoms with van der Waals surface area (Å²) in [6.45, 7) is 3.36. The van der Waals surface area contributed by atoms with Crippen molar-refractivity contribution in [1.29, 1.82) is 5.26 Å². The second kappa shape index (κ2) is 8.33. The van der Waals surface area contributed by atoms with Gasteiger partial charge >= 0.3 is 0 Å². The number of sulfonamides is 1. The molecule has 1 aliphatic heterocycles. The van der Waals surface area contributed by atoms with Gasteiger partial charge in [0.15, 0.2) is 0 Å². The molecule has 0 saturated heterocycles. The van der Waals surface area contributed by atoms with E-state index in [9.17, 15) is 23.6 Å². The predicted molar refractivity (Wildman–Crippen MR) is 111 cm³/mol. The molecule has 0 spiro atoms. The van der Waals surface area contributed by atoms with Gasteiger partial charge in [-0.2, -0.15) is 5.26 Å². The summed E-state index contributed by atoms with van der Waals surface area (Å²) in [4.78, 5) is 13.0. The van der Waals surface area contributed by atoms with Gasteiger partial charge in [-0.15, -0.1) is 5.92 Å². The van der Waals surface area contributed by atoms with Gasteiger partial charge in [0.05, 0.1) is 17.7 Å². The highest BCUT2D eigenvalue weighted by Gasteiger charge is 2.34. The number of aliphatic hydroxyl groups is 1. The number of carbonyl (C=O) groups excluding carboxylic acids is 1. The average molecular weight is 426 g/mol. The summed E-state index contributed by atoms with van der Waals surface area (Å²) in [5.41, 5.74) is 2.28. The molecular weight excluding hydrogens is 404 g/mol. The first-order valence-electron chi connectivity index (χ1n) is 9.31. The Morgan fingerprint density at radius 2 is 2.17 bits per heavy atom. The van der Waals surface area contributed by atoms with E-state index < -0.39 is 28.1 Å². The highest BCUT2D eigenvalue weighted by atomic mass is 32.2. The molecule has 2 unspecified atom stereocenters. The van der Waals surface area contributed by atoms with Gasteiger partial charge in [0, 0.05) is 24.5 Å². The van der Waals surface area contributed by atoms with Gasteiger partial charge in [-0.25, -0.2) is 13.1 Å². The first-order chi connectivity index (χ1) is 14.2. The molecule has 0 bridgehead atoms. The van der Waals surface area contributed by atoms with Crippen LogP contribution in [0.2, 0.25) is 0 Å². The zero-order valence-electron chi connectivity index (χ0n) is 16.9. The number of benzene rings is 1. The number of aromatic nitrogens is 1. The molecule has 3 N–H and O–H groups in total. The molecule has 2 atom stereocenters. The molecule has 1 amide bonds. The van der Waals surface area contributed by atoms with Crippen molar-refractivity contribution in [2.45, 2.75) is 43.7 Å². The maximum absolute atomic E-state index is 13.0. The zero-order valence-corrected chi connectivity index (χ0v) is 17.7. The number of hydrogen-bond donors (Lipinski definition) is 3. The van der Waals surface area contributed by atoms with E-state index in [1.165, 1.54) is 10.8 Å². The molecule has 2 heterocycles. The third-order valence-corrected chi connectivity index (χ3v) is 6.60. The molecular formula is C21H22N4O4S. The molecule has 0 fully saturated rings. The van der Waals surface area contributed by atoms with Gasteiger partial charge < -0.3 is 15.0 Å². The van der Waals surface area contributed by atoms with Gasteiger partial charge in [0.1, 0.15) is 16.7 Å². The lowest BCUT2D eigenvalue weighted by Crippen LogP contribution is -2.41. The van der Waals surface area contributed by atoms with Crippen LogP contribution in [0.5, 0.6) is 0 Å². The Hall–Kier alpha value is -3.11. The number of anilines is 1. The van der Waals surface area contributed by atoms with Crippen molar-refractivity contribution in [3.05, 3.63) is 46.8 Å². The molecule has 9 heteroatoms. The van der Waals surface area contributed by atoms with Crippen LogP contribution >= 0.6 is 0 Å². The number of nitrogens with one attached hydrogen (secondary N) is 2. The zero-order chi connectivity index (χ0) is 22.1. The summed E-state index contributed by atoms with van der Waals surface area (Å²) < 4.78 is 29.6. The fourth-order valence-corrected chi connectivity index (χ4v) is 5.11. The lowest BCUT2D eigenvalue weighted by atomic mass is 10.0. The number of hydrogen-bond acceptors (Lipinski definition) is 5. The van der Waals surface area contributed by atoms with E-state index in [4.69, 9.17) is 0 Å². The van der Waals surface area contributed by atoms with E-state index >= 15 is 0 Å². The Labute approximate surface area is 175 Å². The first-order valence-corrected chi connectivity index (χ1v) is 10.8. The summed E-state index contributed by atoms with van der Waals surface area (Å²) in [6.07, 6.45) is 0.810. The van der Waals surface area contributed by atoms with Crippen molar-refractivity contribution in [3.63, 3.8) is 0 Å². The Kier molecular flexibility index (Phi) is 5.99. The number of amides is 1. The normalized spacial score (nSPS) is 18.2. The van der Waals surface area contributed by atoms with E-state index in [-0.39, 0.29) is 23.4 Å². The third kappa shape index (κ3) is 4.10. The third-order valence-electron chi connectivity index (χ3n) is 5.05. The fourth-order valence-electron chi connectivity index (χ4n) is 3.52. The van der Waals surface area contributed by atoms with Crippen molar-refractivity contribution in [2.24, 2.45) is 7.05 Å². The minimum Gasteiger partial charge on any atom is -0.379 e. The van der Waals surface area contributed by atoms with Crippen LogP contribution in [0.25, 0.3) is 0 Å². The van der Waals surface area contributed by atoms with Gasteiger partial charge in [-0.05, 0) is 44.4 Å². The molecule has 0 saturated carbocycles. The number of aliphatic hydroxyl groups excluding tert-OH is 1. The summed E-state index contributed by atoms with van der Waals surface area (Å²) in [6, 6.07) is 6.29. The monoisotopic (exact) mass is 426 g/mol. The van der Waals surface area contributed by atoms with Crippen LogP contribution < -0.4 is 10.0 Å². The second-order valence-corrected chi connectivity index (χ2v) is 8.82. The topological polar surface area (TPSA) is 124 Å². The molecule has 1 aliphatic rings. The lowest BCUT2D eigenvalue weighted by molar-refractivity contribution is 0.101. The number of rotatable bonds is 3. The molecule has 2 aromatic rings. The van der Waals surface area contributed by atoms with Crippen molar-refractivity contribution < 1.29 is 18.3 Å². The quantitative estimate of drug-likeness (QED) is 0.641. The van der Waals surface area contributed by atoms with Crippen molar-refractivity contribution in [3.8, 4) is 17.9 Å². The molecule has 8 nitrogen and oxygen atoms in total. The highest BCUT2D eigenvalue weighted by molar-refractivity contribution is 7.89.